The van der Waals surface area contributed by atoms with E-state index in [9.17, 15) is 0 Å². The van der Waals surface area contributed by atoms with Crippen molar-refractivity contribution in [2.24, 2.45) is 5.73 Å². The molecule has 0 aromatic heterocycles. The third-order valence-electron chi connectivity index (χ3n) is 3.56. The number of methoxy groups -OCH3 is 2. The van der Waals surface area contributed by atoms with Crippen molar-refractivity contribution in [2.75, 3.05) is 20.8 Å². The largest absolute Gasteiger partial charge is 0.496 e. The second kappa shape index (κ2) is 6.26. The highest BCUT2D eigenvalue weighted by Gasteiger charge is 2.18. The topological polar surface area (TPSA) is 56.5 Å². The van der Waals surface area contributed by atoms with Gasteiger partial charge in [0.1, 0.15) is 11.5 Å². The van der Waals surface area contributed by atoms with Gasteiger partial charge in [-0.2, -0.15) is 0 Å². The van der Waals surface area contributed by atoms with Crippen molar-refractivity contribution in [2.45, 2.75) is 39.8 Å². The van der Waals surface area contributed by atoms with Crippen molar-refractivity contribution in [1.29, 1.82) is 0 Å². The Labute approximate surface area is 116 Å². The molecule has 0 saturated heterocycles. The minimum Gasteiger partial charge on any atom is -0.496 e. The van der Waals surface area contributed by atoms with E-state index >= 15 is 0 Å². The molecule has 0 fully saturated rings. The molecule has 0 bridgehead atoms. The van der Waals surface area contributed by atoms with E-state index in [1.54, 1.807) is 14.2 Å². The number of hydrogen-bond donors (Lipinski definition) is 2. The zero-order valence-corrected chi connectivity index (χ0v) is 12.9. The van der Waals surface area contributed by atoms with Gasteiger partial charge in [0, 0.05) is 24.2 Å². The lowest BCUT2D eigenvalue weighted by atomic mass is 10.0. The Morgan fingerprint density at radius 2 is 1.79 bits per heavy atom. The van der Waals surface area contributed by atoms with Crippen LogP contribution in [0.1, 0.15) is 30.5 Å². The fourth-order valence-corrected chi connectivity index (χ4v) is 1.96. The zero-order chi connectivity index (χ0) is 14.6. The highest BCUT2D eigenvalue weighted by molar-refractivity contribution is 5.52. The minimum atomic E-state index is -0.100. The van der Waals surface area contributed by atoms with Crippen molar-refractivity contribution in [3.8, 4) is 11.5 Å². The molecule has 1 aromatic carbocycles. The minimum absolute atomic E-state index is 0.100. The second-order valence-corrected chi connectivity index (χ2v) is 5.46. The summed E-state index contributed by atoms with van der Waals surface area (Å²) in [6.07, 6.45) is 0. The van der Waals surface area contributed by atoms with E-state index in [0.717, 1.165) is 28.2 Å². The van der Waals surface area contributed by atoms with E-state index in [-0.39, 0.29) is 5.54 Å². The van der Waals surface area contributed by atoms with Crippen LogP contribution in [0.2, 0.25) is 0 Å². The summed E-state index contributed by atoms with van der Waals surface area (Å²) in [6.45, 7) is 9.53. The Hall–Kier alpha value is -1.26. The van der Waals surface area contributed by atoms with E-state index in [4.69, 9.17) is 15.2 Å². The first-order valence-electron chi connectivity index (χ1n) is 6.52. The van der Waals surface area contributed by atoms with E-state index in [2.05, 4.69) is 19.2 Å². The average Bonchev–Trinajstić information content (AvgIpc) is 2.40. The Kier molecular flexibility index (Phi) is 5.20. The van der Waals surface area contributed by atoms with Crippen molar-refractivity contribution >= 4 is 0 Å². The van der Waals surface area contributed by atoms with E-state index in [1.807, 2.05) is 19.9 Å². The van der Waals surface area contributed by atoms with Gasteiger partial charge in [0.05, 0.1) is 14.2 Å². The molecule has 1 aromatic rings. The lowest BCUT2D eigenvalue weighted by molar-refractivity contribution is 0.372. The maximum absolute atomic E-state index is 5.73. The summed E-state index contributed by atoms with van der Waals surface area (Å²) >= 11 is 0. The maximum atomic E-state index is 5.73. The summed E-state index contributed by atoms with van der Waals surface area (Å²) in [5.74, 6) is 1.80. The highest BCUT2D eigenvalue weighted by Crippen LogP contribution is 2.33. The van der Waals surface area contributed by atoms with Crippen LogP contribution in [0.5, 0.6) is 11.5 Å². The molecule has 4 nitrogen and oxygen atoms in total. The molecule has 108 valence electrons. The van der Waals surface area contributed by atoms with Crippen LogP contribution < -0.4 is 20.5 Å². The van der Waals surface area contributed by atoms with Gasteiger partial charge in [-0.25, -0.2) is 0 Å². The first-order chi connectivity index (χ1) is 8.86. The second-order valence-electron chi connectivity index (χ2n) is 5.46. The molecular weight excluding hydrogens is 240 g/mol. The smallest absolute Gasteiger partial charge is 0.126 e. The van der Waals surface area contributed by atoms with Gasteiger partial charge in [-0.3, -0.25) is 0 Å². The quantitative estimate of drug-likeness (QED) is 0.828. The summed E-state index contributed by atoms with van der Waals surface area (Å²) < 4.78 is 10.9. The number of benzene rings is 1. The fraction of sp³-hybridized carbons (Fsp3) is 0.600. The Morgan fingerprint density at radius 1 is 1.16 bits per heavy atom. The standard InChI is InChI=1S/C15H26N2O2/c1-10-11(2)14(19-6)12(7-13(10)18-5)8-17-15(3,4)9-16/h7,17H,8-9,16H2,1-6H3. The van der Waals surface area contributed by atoms with Crippen LogP contribution in [-0.2, 0) is 6.54 Å². The van der Waals surface area contributed by atoms with Gasteiger partial charge >= 0.3 is 0 Å². The molecule has 3 N–H and O–H groups in total. The number of ether oxygens (including phenoxy) is 2. The molecule has 0 aliphatic carbocycles. The van der Waals surface area contributed by atoms with Crippen LogP contribution in [0, 0.1) is 13.8 Å². The van der Waals surface area contributed by atoms with Crippen molar-refractivity contribution in [3.63, 3.8) is 0 Å². The summed E-state index contributed by atoms with van der Waals surface area (Å²) in [7, 11) is 3.39. The average molecular weight is 266 g/mol. The van der Waals surface area contributed by atoms with Gasteiger partial charge in [0.15, 0.2) is 0 Å². The number of nitrogens with two attached hydrogens (primary N) is 1. The molecule has 0 aliphatic heterocycles. The van der Waals surface area contributed by atoms with Crippen molar-refractivity contribution in [3.05, 3.63) is 22.8 Å². The van der Waals surface area contributed by atoms with Crippen LogP contribution in [0.25, 0.3) is 0 Å². The molecule has 0 spiro atoms. The maximum Gasteiger partial charge on any atom is 0.126 e. The van der Waals surface area contributed by atoms with Crippen LogP contribution in [0.4, 0.5) is 0 Å². The first-order valence-corrected chi connectivity index (χ1v) is 6.52. The van der Waals surface area contributed by atoms with Gasteiger partial charge in [-0.1, -0.05) is 0 Å². The number of rotatable bonds is 6. The third kappa shape index (κ3) is 3.61. The predicted octanol–water partition coefficient (Wildman–Crippen LogP) is 2.15. The van der Waals surface area contributed by atoms with E-state index in [0.29, 0.717) is 13.1 Å². The van der Waals surface area contributed by atoms with E-state index < -0.39 is 0 Å². The van der Waals surface area contributed by atoms with Gasteiger partial charge in [-0.05, 0) is 44.9 Å². The lowest BCUT2D eigenvalue weighted by Gasteiger charge is -2.25. The molecule has 4 heteroatoms. The fourth-order valence-electron chi connectivity index (χ4n) is 1.96. The summed E-state index contributed by atoms with van der Waals surface area (Å²) in [5, 5.41) is 3.44. The zero-order valence-electron chi connectivity index (χ0n) is 12.9. The normalized spacial score (nSPS) is 11.5. The molecule has 0 heterocycles. The molecule has 0 aliphatic rings. The van der Waals surface area contributed by atoms with Crippen molar-refractivity contribution < 1.29 is 9.47 Å². The molecule has 0 saturated carbocycles. The Bertz CT molecular complexity index is 442. The molecular formula is C15H26N2O2. The number of nitrogens with one attached hydrogen (secondary N) is 1. The molecule has 0 radical (unpaired) electrons. The Morgan fingerprint density at radius 3 is 2.26 bits per heavy atom. The molecule has 0 atom stereocenters. The van der Waals surface area contributed by atoms with Gasteiger partial charge in [0.25, 0.3) is 0 Å². The van der Waals surface area contributed by atoms with Gasteiger partial charge < -0.3 is 20.5 Å². The molecule has 0 unspecified atom stereocenters. The van der Waals surface area contributed by atoms with Crippen LogP contribution >= 0.6 is 0 Å². The van der Waals surface area contributed by atoms with Crippen LogP contribution in [0.3, 0.4) is 0 Å². The monoisotopic (exact) mass is 266 g/mol. The van der Waals surface area contributed by atoms with Crippen LogP contribution in [-0.4, -0.2) is 26.3 Å². The summed E-state index contributed by atoms with van der Waals surface area (Å²) in [6, 6.07) is 2.03. The third-order valence-corrected chi connectivity index (χ3v) is 3.56. The van der Waals surface area contributed by atoms with Gasteiger partial charge in [0.2, 0.25) is 0 Å². The molecule has 1 rings (SSSR count). The Balaban J connectivity index is 3.09. The number of hydrogen-bond acceptors (Lipinski definition) is 4. The summed E-state index contributed by atoms with van der Waals surface area (Å²) in [5.41, 5.74) is 8.95. The molecule has 0 amide bonds. The molecule has 19 heavy (non-hydrogen) atoms. The predicted molar refractivity (Wildman–Crippen MR) is 79.0 cm³/mol. The first kappa shape index (κ1) is 15.8. The van der Waals surface area contributed by atoms with Crippen LogP contribution in [0.15, 0.2) is 6.07 Å². The summed E-state index contributed by atoms with van der Waals surface area (Å²) in [4.78, 5) is 0. The van der Waals surface area contributed by atoms with E-state index in [1.165, 1.54) is 0 Å². The van der Waals surface area contributed by atoms with Crippen molar-refractivity contribution in [1.82, 2.24) is 5.32 Å². The SMILES string of the molecule is COc1cc(CNC(C)(C)CN)c(OC)c(C)c1C. The highest BCUT2D eigenvalue weighted by atomic mass is 16.5. The van der Waals surface area contributed by atoms with Gasteiger partial charge in [-0.15, -0.1) is 0 Å². The lowest BCUT2D eigenvalue weighted by Crippen LogP contribution is -2.45.